The molecule has 1 saturated heterocycles. The molecule has 6 heteroatoms. The van der Waals surface area contributed by atoms with Gasteiger partial charge in [-0.2, -0.15) is 0 Å². The third-order valence-electron chi connectivity index (χ3n) is 3.04. The van der Waals surface area contributed by atoms with Crippen LogP contribution in [-0.4, -0.2) is 46.5 Å². The van der Waals surface area contributed by atoms with E-state index in [2.05, 4.69) is 9.88 Å². The quantitative estimate of drug-likeness (QED) is 0.794. The fourth-order valence-electron chi connectivity index (χ4n) is 2.39. The van der Waals surface area contributed by atoms with Gasteiger partial charge in [0.25, 0.3) is 0 Å². The molecule has 3 N–H and O–H groups in total. The molecule has 19 heavy (non-hydrogen) atoms. The predicted octanol–water partition coefficient (Wildman–Crippen LogP) is 0.692. The van der Waals surface area contributed by atoms with Crippen molar-refractivity contribution in [3.05, 3.63) is 23.9 Å². The zero-order valence-electron chi connectivity index (χ0n) is 11.2. The van der Waals surface area contributed by atoms with Crippen LogP contribution in [0.1, 0.15) is 19.4 Å². The lowest BCUT2D eigenvalue weighted by atomic mass is 10.0. The summed E-state index contributed by atoms with van der Waals surface area (Å²) in [6, 6.07) is 3.67. The van der Waals surface area contributed by atoms with Crippen molar-refractivity contribution in [1.82, 2.24) is 4.98 Å². The Hall–Kier alpha value is -1.24. The third kappa shape index (κ3) is 3.20. The minimum Gasteiger partial charge on any atom is -0.394 e. The lowest BCUT2D eigenvalue weighted by Crippen LogP contribution is -2.54. The van der Waals surface area contributed by atoms with E-state index in [4.69, 9.17) is 22.7 Å². The topological polar surface area (TPSA) is 71.6 Å². The Bertz CT molecular complexity index is 479. The molecule has 1 aromatic heterocycles. The Morgan fingerprint density at radius 2 is 2.42 bits per heavy atom. The molecule has 2 heterocycles. The molecule has 1 aliphatic heterocycles. The van der Waals surface area contributed by atoms with Gasteiger partial charge in [-0.05, 0) is 26.0 Å². The molecule has 0 bridgehead atoms. The van der Waals surface area contributed by atoms with Crippen molar-refractivity contribution in [3.63, 3.8) is 0 Å². The van der Waals surface area contributed by atoms with Crippen molar-refractivity contribution >= 4 is 23.0 Å². The average molecular weight is 281 g/mol. The van der Waals surface area contributed by atoms with E-state index in [0.29, 0.717) is 18.1 Å². The molecule has 0 amide bonds. The van der Waals surface area contributed by atoms with Gasteiger partial charge in [0.2, 0.25) is 0 Å². The summed E-state index contributed by atoms with van der Waals surface area (Å²) < 4.78 is 5.79. The molecule has 5 nitrogen and oxygen atoms in total. The third-order valence-corrected chi connectivity index (χ3v) is 3.26. The zero-order valence-corrected chi connectivity index (χ0v) is 12.0. The van der Waals surface area contributed by atoms with Gasteiger partial charge in [0.1, 0.15) is 10.8 Å². The van der Waals surface area contributed by atoms with E-state index in [1.54, 1.807) is 6.20 Å². The molecule has 1 atom stereocenters. The van der Waals surface area contributed by atoms with Crippen LogP contribution in [0, 0.1) is 0 Å². The lowest BCUT2D eigenvalue weighted by molar-refractivity contribution is -0.101. The number of nitrogens with zero attached hydrogens (tertiary/aromatic N) is 2. The highest BCUT2D eigenvalue weighted by molar-refractivity contribution is 7.80. The van der Waals surface area contributed by atoms with Gasteiger partial charge in [0.15, 0.2) is 0 Å². The number of hydrogen-bond acceptors (Lipinski definition) is 5. The normalized spacial score (nSPS) is 22.3. The second-order valence-corrected chi connectivity index (χ2v) is 5.74. The van der Waals surface area contributed by atoms with Crippen LogP contribution in [0.15, 0.2) is 18.3 Å². The first kappa shape index (κ1) is 14.2. The number of nitrogens with two attached hydrogens (primary N) is 1. The molecule has 0 aromatic carbocycles. The Balaban J connectivity index is 2.33. The monoisotopic (exact) mass is 281 g/mol. The second kappa shape index (κ2) is 5.40. The second-order valence-electron chi connectivity index (χ2n) is 5.30. The summed E-state index contributed by atoms with van der Waals surface area (Å²) in [7, 11) is 0. The standard InChI is InChI=1S/C13H19N3O2S/c1-13(2)8-16(6-9(7-17)18-13)12-10(11(14)19)4-3-5-15-12/h3-5,9,17H,6-8H2,1-2H3,(H2,14,19). The molecular formula is C13H19N3O2S. The smallest absolute Gasteiger partial charge is 0.138 e. The largest absolute Gasteiger partial charge is 0.394 e. The summed E-state index contributed by atoms with van der Waals surface area (Å²) in [5.41, 5.74) is 6.15. The van der Waals surface area contributed by atoms with E-state index in [0.717, 1.165) is 11.4 Å². The number of hydrogen-bond donors (Lipinski definition) is 2. The van der Waals surface area contributed by atoms with E-state index in [1.807, 2.05) is 26.0 Å². The number of aliphatic hydroxyl groups is 1. The fraction of sp³-hybridized carbons (Fsp3) is 0.538. The molecule has 0 radical (unpaired) electrons. The molecule has 1 aliphatic rings. The van der Waals surface area contributed by atoms with E-state index in [-0.39, 0.29) is 18.3 Å². The number of thiocarbonyl (C=S) groups is 1. The van der Waals surface area contributed by atoms with Crippen molar-refractivity contribution < 1.29 is 9.84 Å². The summed E-state index contributed by atoms with van der Waals surface area (Å²) >= 11 is 5.06. The van der Waals surface area contributed by atoms with Gasteiger partial charge in [-0.25, -0.2) is 4.98 Å². The van der Waals surface area contributed by atoms with E-state index >= 15 is 0 Å². The van der Waals surface area contributed by atoms with Crippen LogP contribution in [0.5, 0.6) is 0 Å². The fourth-order valence-corrected chi connectivity index (χ4v) is 2.55. The number of aromatic nitrogens is 1. The minimum absolute atomic E-state index is 0.0187. The Morgan fingerprint density at radius 3 is 3.05 bits per heavy atom. The number of aliphatic hydroxyl groups excluding tert-OH is 1. The van der Waals surface area contributed by atoms with E-state index in [1.165, 1.54) is 0 Å². The van der Waals surface area contributed by atoms with Crippen LogP contribution >= 0.6 is 12.2 Å². The van der Waals surface area contributed by atoms with Gasteiger partial charge < -0.3 is 20.5 Å². The predicted molar refractivity (Wildman–Crippen MR) is 78.4 cm³/mol. The van der Waals surface area contributed by atoms with Crippen molar-refractivity contribution in [1.29, 1.82) is 0 Å². The van der Waals surface area contributed by atoms with Crippen LogP contribution in [0.3, 0.4) is 0 Å². The van der Waals surface area contributed by atoms with Crippen molar-refractivity contribution in [2.45, 2.75) is 25.6 Å². The molecule has 0 spiro atoms. The molecule has 1 fully saturated rings. The van der Waals surface area contributed by atoms with Crippen molar-refractivity contribution in [2.24, 2.45) is 5.73 Å². The number of ether oxygens (including phenoxy) is 1. The zero-order chi connectivity index (χ0) is 14.0. The Kier molecular flexibility index (Phi) is 4.03. The number of anilines is 1. The molecule has 2 rings (SSSR count). The highest BCUT2D eigenvalue weighted by Crippen LogP contribution is 2.26. The first-order chi connectivity index (χ1) is 8.93. The average Bonchev–Trinajstić information content (AvgIpc) is 2.36. The van der Waals surface area contributed by atoms with E-state index in [9.17, 15) is 5.11 Å². The van der Waals surface area contributed by atoms with Gasteiger partial charge in [-0.1, -0.05) is 12.2 Å². The van der Waals surface area contributed by atoms with Crippen LogP contribution in [0.4, 0.5) is 5.82 Å². The van der Waals surface area contributed by atoms with Gasteiger partial charge >= 0.3 is 0 Å². The first-order valence-corrected chi connectivity index (χ1v) is 6.62. The summed E-state index contributed by atoms with van der Waals surface area (Å²) in [5.74, 6) is 0.754. The van der Waals surface area contributed by atoms with Gasteiger partial charge in [0.05, 0.1) is 23.9 Å². The lowest BCUT2D eigenvalue weighted by Gasteiger charge is -2.43. The molecule has 104 valence electrons. The van der Waals surface area contributed by atoms with Crippen LogP contribution < -0.4 is 10.6 Å². The molecule has 0 saturated carbocycles. The minimum atomic E-state index is -0.351. The van der Waals surface area contributed by atoms with Crippen LogP contribution in [0.2, 0.25) is 0 Å². The maximum atomic E-state index is 9.34. The highest BCUT2D eigenvalue weighted by atomic mass is 32.1. The van der Waals surface area contributed by atoms with Crippen molar-refractivity contribution in [2.75, 3.05) is 24.6 Å². The SMILES string of the molecule is CC1(C)CN(c2ncccc2C(N)=S)CC(CO)O1. The molecule has 0 aliphatic carbocycles. The van der Waals surface area contributed by atoms with Crippen LogP contribution in [0.25, 0.3) is 0 Å². The Morgan fingerprint density at radius 1 is 1.68 bits per heavy atom. The maximum Gasteiger partial charge on any atom is 0.138 e. The molecule has 1 unspecified atom stereocenters. The molecule has 1 aromatic rings. The van der Waals surface area contributed by atoms with Gasteiger partial charge in [0, 0.05) is 19.3 Å². The molecular weight excluding hydrogens is 262 g/mol. The van der Waals surface area contributed by atoms with Gasteiger partial charge in [-0.15, -0.1) is 0 Å². The summed E-state index contributed by atoms with van der Waals surface area (Å²) in [4.78, 5) is 6.77. The number of morpholine rings is 1. The van der Waals surface area contributed by atoms with Crippen LogP contribution in [-0.2, 0) is 4.74 Å². The number of pyridine rings is 1. The van der Waals surface area contributed by atoms with E-state index < -0.39 is 0 Å². The highest BCUT2D eigenvalue weighted by Gasteiger charge is 2.34. The summed E-state index contributed by atoms with van der Waals surface area (Å²) in [5, 5.41) is 9.34. The number of rotatable bonds is 3. The maximum absolute atomic E-state index is 9.34. The first-order valence-electron chi connectivity index (χ1n) is 6.21. The van der Waals surface area contributed by atoms with Crippen molar-refractivity contribution in [3.8, 4) is 0 Å². The Labute approximate surface area is 118 Å². The summed E-state index contributed by atoms with van der Waals surface area (Å²) in [6.07, 6.45) is 1.48. The van der Waals surface area contributed by atoms with Gasteiger partial charge in [-0.3, -0.25) is 0 Å². The summed E-state index contributed by atoms with van der Waals surface area (Å²) in [6.45, 7) is 5.22.